The number of anilines is 1. The summed E-state index contributed by atoms with van der Waals surface area (Å²) in [6.07, 6.45) is 4.94. The Morgan fingerprint density at radius 2 is 2.07 bits per heavy atom. The molecule has 3 nitrogen and oxygen atoms in total. The minimum absolute atomic E-state index is 0.210. The average molecular weight is 377 g/mol. The SMILES string of the molecule is COc1ccc2c(c1)NC(O)C(C(F)(F)CCCC[C@H]1C(C)CC3CC31)=C2. The minimum Gasteiger partial charge on any atom is -0.497 e. The Morgan fingerprint density at radius 3 is 2.78 bits per heavy atom. The van der Waals surface area contributed by atoms with Crippen molar-refractivity contribution in [2.75, 3.05) is 12.4 Å². The number of methoxy groups -OCH3 is 1. The van der Waals surface area contributed by atoms with Gasteiger partial charge in [0.25, 0.3) is 5.92 Å². The van der Waals surface area contributed by atoms with Crippen molar-refractivity contribution in [3.05, 3.63) is 29.3 Å². The number of alkyl halides is 2. The molecule has 2 saturated carbocycles. The first-order valence-electron chi connectivity index (χ1n) is 10.1. The van der Waals surface area contributed by atoms with E-state index >= 15 is 0 Å². The van der Waals surface area contributed by atoms with Crippen molar-refractivity contribution >= 4 is 11.8 Å². The predicted molar refractivity (Wildman–Crippen MR) is 103 cm³/mol. The molecule has 4 unspecified atom stereocenters. The molecule has 3 aliphatic rings. The lowest BCUT2D eigenvalue weighted by atomic mass is 9.87. The third kappa shape index (κ3) is 3.71. The van der Waals surface area contributed by atoms with E-state index in [1.807, 2.05) is 0 Å². The summed E-state index contributed by atoms with van der Waals surface area (Å²) in [7, 11) is 1.55. The molecule has 1 aromatic rings. The zero-order valence-corrected chi connectivity index (χ0v) is 16.1. The quantitative estimate of drug-likeness (QED) is 0.633. The molecule has 5 heteroatoms. The minimum atomic E-state index is -3.01. The second kappa shape index (κ2) is 7.08. The molecule has 27 heavy (non-hydrogen) atoms. The van der Waals surface area contributed by atoms with Crippen LogP contribution in [0, 0.1) is 23.7 Å². The molecule has 0 saturated heterocycles. The van der Waals surface area contributed by atoms with E-state index < -0.39 is 12.2 Å². The lowest BCUT2D eigenvalue weighted by Crippen LogP contribution is -2.35. The van der Waals surface area contributed by atoms with E-state index in [9.17, 15) is 13.9 Å². The Labute approximate surface area is 159 Å². The van der Waals surface area contributed by atoms with Gasteiger partial charge in [0.15, 0.2) is 6.23 Å². The van der Waals surface area contributed by atoms with E-state index in [1.165, 1.54) is 18.9 Å². The third-order valence-electron chi connectivity index (χ3n) is 6.79. The summed E-state index contributed by atoms with van der Waals surface area (Å²) in [5.41, 5.74) is 1.02. The number of rotatable bonds is 7. The smallest absolute Gasteiger partial charge is 0.273 e. The van der Waals surface area contributed by atoms with E-state index in [2.05, 4.69) is 12.2 Å². The molecule has 1 aliphatic heterocycles. The summed E-state index contributed by atoms with van der Waals surface area (Å²) in [5, 5.41) is 13.0. The number of hydrogen-bond acceptors (Lipinski definition) is 3. The first-order valence-corrected chi connectivity index (χ1v) is 10.1. The van der Waals surface area contributed by atoms with Gasteiger partial charge in [-0.2, -0.15) is 0 Å². The van der Waals surface area contributed by atoms with Gasteiger partial charge in [-0.15, -0.1) is 0 Å². The Hall–Kier alpha value is -1.62. The topological polar surface area (TPSA) is 41.5 Å². The lowest BCUT2D eigenvalue weighted by Gasteiger charge is -2.30. The fourth-order valence-corrected chi connectivity index (χ4v) is 5.20. The molecule has 4 rings (SSSR count). The van der Waals surface area contributed by atoms with Crippen molar-refractivity contribution < 1.29 is 18.6 Å². The van der Waals surface area contributed by atoms with Gasteiger partial charge in [-0.3, -0.25) is 0 Å². The number of aliphatic hydroxyl groups excluding tert-OH is 1. The maximum atomic E-state index is 14.8. The summed E-state index contributed by atoms with van der Waals surface area (Å²) in [6.45, 7) is 2.31. The number of aliphatic hydroxyl groups is 1. The summed E-state index contributed by atoms with van der Waals surface area (Å²) in [5.74, 6) is 0.922. The molecule has 0 aromatic heterocycles. The van der Waals surface area contributed by atoms with Crippen LogP contribution < -0.4 is 10.1 Å². The van der Waals surface area contributed by atoms with Crippen LogP contribution in [0.2, 0.25) is 0 Å². The van der Waals surface area contributed by atoms with Crippen LogP contribution in [0.15, 0.2) is 23.8 Å². The van der Waals surface area contributed by atoms with E-state index in [4.69, 9.17) is 4.74 Å². The molecule has 0 amide bonds. The number of hydrogen-bond donors (Lipinski definition) is 2. The van der Waals surface area contributed by atoms with Crippen LogP contribution in [0.5, 0.6) is 5.75 Å². The van der Waals surface area contributed by atoms with Gasteiger partial charge in [0.05, 0.1) is 7.11 Å². The molecule has 0 radical (unpaired) electrons. The maximum absolute atomic E-state index is 14.8. The van der Waals surface area contributed by atoms with Crippen molar-refractivity contribution in [1.82, 2.24) is 0 Å². The zero-order valence-electron chi connectivity index (χ0n) is 16.1. The molecule has 2 fully saturated rings. The van der Waals surface area contributed by atoms with Crippen molar-refractivity contribution in [3.8, 4) is 5.75 Å². The Balaban J connectivity index is 1.36. The van der Waals surface area contributed by atoms with Crippen LogP contribution in [0.3, 0.4) is 0 Å². The number of fused-ring (bicyclic) bond motifs is 2. The highest BCUT2D eigenvalue weighted by atomic mass is 19.3. The summed E-state index contributed by atoms with van der Waals surface area (Å²) < 4.78 is 34.7. The summed E-state index contributed by atoms with van der Waals surface area (Å²) in [4.78, 5) is 0. The number of benzene rings is 1. The number of halogens is 2. The van der Waals surface area contributed by atoms with Gasteiger partial charge < -0.3 is 15.2 Å². The predicted octanol–water partition coefficient (Wildman–Crippen LogP) is 5.31. The van der Waals surface area contributed by atoms with Gasteiger partial charge >= 0.3 is 0 Å². The van der Waals surface area contributed by atoms with Crippen molar-refractivity contribution in [2.24, 2.45) is 23.7 Å². The van der Waals surface area contributed by atoms with Crippen LogP contribution in [0.1, 0.15) is 51.0 Å². The average Bonchev–Trinajstić information content (AvgIpc) is 3.31. The molecule has 0 spiro atoms. The van der Waals surface area contributed by atoms with Gasteiger partial charge in [-0.25, -0.2) is 8.78 Å². The molecule has 2 aliphatic carbocycles. The van der Waals surface area contributed by atoms with E-state index in [0.717, 1.165) is 36.5 Å². The van der Waals surface area contributed by atoms with Crippen LogP contribution in [0.4, 0.5) is 14.5 Å². The molecule has 0 bridgehead atoms. The Morgan fingerprint density at radius 1 is 1.26 bits per heavy atom. The van der Waals surface area contributed by atoms with Gasteiger partial charge in [0.1, 0.15) is 5.75 Å². The highest BCUT2D eigenvalue weighted by Gasteiger charge is 2.51. The summed E-state index contributed by atoms with van der Waals surface area (Å²) in [6, 6.07) is 5.17. The second-order valence-corrected chi connectivity index (χ2v) is 8.59. The molecular formula is C22H29F2NO2. The zero-order chi connectivity index (χ0) is 19.2. The largest absolute Gasteiger partial charge is 0.497 e. The van der Waals surface area contributed by atoms with E-state index in [-0.39, 0.29) is 12.0 Å². The summed E-state index contributed by atoms with van der Waals surface area (Å²) >= 11 is 0. The fourth-order valence-electron chi connectivity index (χ4n) is 5.20. The first kappa shape index (κ1) is 18.7. The molecule has 5 atom stereocenters. The second-order valence-electron chi connectivity index (χ2n) is 8.59. The van der Waals surface area contributed by atoms with Crippen LogP contribution in [0.25, 0.3) is 6.08 Å². The van der Waals surface area contributed by atoms with E-state index in [1.54, 1.807) is 25.3 Å². The Bertz CT molecular complexity index is 731. The van der Waals surface area contributed by atoms with Gasteiger partial charge in [-0.1, -0.05) is 13.3 Å². The highest BCUT2D eigenvalue weighted by Crippen LogP contribution is 2.59. The number of nitrogens with one attached hydrogen (secondary N) is 1. The maximum Gasteiger partial charge on any atom is 0.273 e. The van der Waals surface area contributed by atoms with Crippen molar-refractivity contribution in [1.29, 1.82) is 0 Å². The van der Waals surface area contributed by atoms with Crippen molar-refractivity contribution in [3.63, 3.8) is 0 Å². The van der Waals surface area contributed by atoms with Gasteiger partial charge in [-0.05, 0) is 73.1 Å². The fraction of sp³-hybridized carbons (Fsp3) is 0.636. The van der Waals surface area contributed by atoms with Crippen LogP contribution in [-0.4, -0.2) is 24.4 Å². The normalized spacial score (nSPS) is 31.6. The molecule has 2 N–H and O–H groups in total. The molecule has 1 heterocycles. The standard InChI is InChI=1S/C22H29F2NO2/c1-13-9-15-10-18(15)17(13)5-3-4-8-22(23,24)19-11-14-6-7-16(27-2)12-20(14)25-21(19)26/h6-7,11-13,15,17-18,21,25-26H,3-5,8-10H2,1-2H3/t13?,15?,17-,18?,21?/m0/s1. The molecule has 148 valence electrons. The van der Waals surface area contributed by atoms with E-state index in [0.29, 0.717) is 23.4 Å². The first-order chi connectivity index (χ1) is 12.9. The molecular weight excluding hydrogens is 348 g/mol. The molecule has 1 aromatic carbocycles. The van der Waals surface area contributed by atoms with Crippen molar-refractivity contribution in [2.45, 2.75) is 57.6 Å². The lowest BCUT2D eigenvalue weighted by molar-refractivity contribution is 0.00956. The number of unbranched alkanes of at least 4 members (excludes halogenated alkanes) is 1. The Kier molecular flexibility index (Phi) is 4.91. The van der Waals surface area contributed by atoms with Crippen LogP contribution >= 0.6 is 0 Å². The highest BCUT2D eigenvalue weighted by molar-refractivity contribution is 5.74. The van der Waals surface area contributed by atoms with Crippen LogP contribution in [-0.2, 0) is 0 Å². The monoisotopic (exact) mass is 377 g/mol. The van der Waals surface area contributed by atoms with Gasteiger partial charge in [0.2, 0.25) is 0 Å². The van der Waals surface area contributed by atoms with Gasteiger partial charge in [0, 0.05) is 23.7 Å². The number of ether oxygens (including phenoxy) is 1. The third-order valence-corrected chi connectivity index (χ3v) is 6.79.